The Bertz CT molecular complexity index is 1190. The van der Waals surface area contributed by atoms with Crippen LogP contribution in [0.1, 0.15) is 11.3 Å². The molecule has 0 spiro atoms. The number of hydrogen-bond donors (Lipinski definition) is 1. The van der Waals surface area contributed by atoms with E-state index in [-0.39, 0.29) is 23.6 Å². The Labute approximate surface area is 172 Å². The summed E-state index contributed by atoms with van der Waals surface area (Å²) in [5, 5.41) is 4.90. The summed E-state index contributed by atoms with van der Waals surface area (Å²) in [6.07, 6.45) is -7.28. The van der Waals surface area contributed by atoms with Gasteiger partial charge in [0.1, 0.15) is 18.9 Å². The molecule has 2 aromatic carbocycles. The standard InChI is InChI=1S/C21H15F6N3O/c22-20(23,24)12-30-16(11-31-17-6-3-14-7-8-28-18(14)10-17)9-19(29-30)13-1-4-15(5-2-13)21(25,26)27/h1-10,28H,11-12H2. The second kappa shape index (κ2) is 7.68. The van der Waals surface area contributed by atoms with Crippen molar-refractivity contribution in [1.29, 1.82) is 0 Å². The van der Waals surface area contributed by atoms with Crippen LogP contribution in [0.15, 0.2) is 60.8 Å². The molecule has 4 aromatic rings. The van der Waals surface area contributed by atoms with Crippen LogP contribution in [0.25, 0.3) is 22.2 Å². The number of aromatic nitrogens is 3. The Morgan fingerprint density at radius 1 is 0.903 bits per heavy atom. The van der Waals surface area contributed by atoms with Crippen molar-refractivity contribution < 1.29 is 31.1 Å². The van der Waals surface area contributed by atoms with Gasteiger partial charge < -0.3 is 9.72 Å². The van der Waals surface area contributed by atoms with Gasteiger partial charge in [-0.05, 0) is 41.8 Å². The summed E-state index contributed by atoms with van der Waals surface area (Å²) in [4.78, 5) is 3.01. The predicted octanol–water partition coefficient (Wildman–Crippen LogP) is 6.19. The number of aromatic amines is 1. The summed E-state index contributed by atoms with van der Waals surface area (Å²) >= 11 is 0. The first kappa shape index (κ1) is 20.8. The van der Waals surface area contributed by atoms with Gasteiger partial charge in [-0.25, -0.2) is 0 Å². The molecule has 2 aromatic heterocycles. The fraction of sp³-hybridized carbons (Fsp3) is 0.190. The molecule has 0 radical (unpaired) electrons. The van der Waals surface area contributed by atoms with Crippen LogP contribution in [0.4, 0.5) is 26.3 Å². The molecule has 1 N–H and O–H groups in total. The van der Waals surface area contributed by atoms with E-state index in [0.29, 0.717) is 5.75 Å². The van der Waals surface area contributed by atoms with Crippen molar-refractivity contribution in [3.63, 3.8) is 0 Å². The van der Waals surface area contributed by atoms with Gasteiger partial charge in [-0.3, -0.25) is 4.68 Å². The maximum absolute atomic E-state index is 13.0. The summed E-state index contributed by atoms with van der Waals surface area (Å²) in [6, 6.07) is 12.5. The van der Waals surface area contributed by atoms with Crippen LogP contribution in [-0.2, 0) is 19.3 Å². The molecule has 4 nitrogen and oxygen atoms in total. The number of H-pyrrole nitrogens is 1. The predicted molar refractivity (Wildman–Crippen MR) is 101 cm³/mol. The monoisotopic (exact) mass is 439 g/mol. The van der Waals surface area contributed by atoms with Crippen LogP contribution in [0.2, 0.25) is 0 Å². The molecule has 0 aliphatic heterocycles. The van der Waals surface area contributed by atoms with Gasteiger partial charge in [0, 0.05) is 23.3 Å². The first-order valence-corrected chi connectivity index (χ1v) is 9.09. The van der Waals surface area contributed by atoms with Crippen LogP contribution in [0, 0.1) is 0 Å². The van der Waals surface area contributed by atoms with Crippen molar-refractivity contribution in [2.75, 3.05) is 0 Å². The van der Waals surface area contributed by atoms with Crippen LogP contribution in [-0.4, -0.2) is 20.9 Å². The number of halogens is 6. The van der Waals surface area contributed by atoms with E-state index in [1.54, 1.807) is 18.3 Å². The summed E-state index contributed by atoms with van der Waals surface area (Å²) in [7, 11) is 0. The molecule has 10 heteroatoms. The summed E-state index contributed by atoms with van der Waals surface area (Å²) in [6.45, 7) is -1.54. The van der Waals surface area contributed by atoms with Gasteiger partial charge in [-0.1, -0.05) is 12.1 Å². The second-order valence-electron chi connectivity index (χ2n) is 6.88. The van der Waals surface area contributed by atoms with Gasteiger partial charge in [0.2, 0.25) is 0 Å². The molecule has 4 rings (SSSR count). The molecular weight excluding hydrogens is 424 g/mol. The molecule has 2 heterocycles. The van der Waals surface area contributed by atoms with Gasteiger partial charge in [-0.2, -0.15) is 31.4 Å². The van der Waals surface area contributed by atoms with Gasteiger partial charge in [0.25, 0.3) is 0 Å². The highest BCUT2D eigenvalue weighted by atomic mass is 19.4. The number of alkyl halides is 6. The molecule has 31 heavy (non-hydrogen) atoms. The number of ether oxygens (including phenoxy) is 1. The number of benzene rings is 2. The summed E-state index contributed by atoms with van der Waals surface area (Å²) in [5.41, 5.74) is 0.485. The summed E-state index contributed by atoms with van der Waals surface area (Å²) in [5.74, 6) is 0.450. The largest absolute Gasteiger partial charge is 0.487 e. The van der Waals surface area contributed by atoms with E-state index < -0.39 is 24.5 Å². The number of fused-ring (bicyclic) bond motifs is 1. The van der Waals surface area contributed by atoms with E-state index in [9.17, 15) is 26.3 Å². The highest BCUT2D eigenvalue weighted by Gasteiger charge is 2.31. The van der Waals surface area contributed by atoms with Crippen LogP contribution < -0.4 is 4.74 Å². The quantitative estimate of drug-likeness (QED) is 0.377. The lowest BCUT2D eigenvalue weighted by molar-refractivity contribution is -0.143. The number of rotatable bonds is 5. The molecule has 0 atom stereocenters. The fourth-order valence-corrected chi connectivity index (χ4v) is 3.12. The van der Waals surface area contributed by atoms with E-state index in [1.807, 2.05) is 12.1 Å². The zero-order chi connectivity index (χ0) is 22.2. The minimum absolute atomic E-state index is 0.122. The van der Waals surface area contributed by atoms with Crippen molar-refractivity contribution in [3.05, 3.63) is 72.1 Å². The smallest absolute Gasteiger partial charge is 0.416 e. The molecule has 0 saturated carbocycles. The minimum atomic E-state index is -4.53. The average Bonchev–Trinajstić information content (AvgIpc) is 3.31. The average molecular weight is 439 g/mol. The van der Waals surface area contributed by atoms with Crippen molar-refractivity contribution in [1.82, 2.24) is 14.8 Å². The highest BCUT2D eigenvalue weighted by molar-refractivity contribution is 5.80. The third-order valence-electron chi connectivity index (χ3n) is 4.61. The Morgan fingerprint density at radius 2 is 1.65 bits per heavy atom. The molecule has 162 valence electrons. The number of nitrogens with zero attached hydrogens (tertiary/aromatic N) is 2. The van der Waals surface area contributed by atoms with Crippen molar-refractivity contribution in [3.8, 4) is 17.0 Å². The topological polar surface area (TPSA) is 42.8 Å². The summed E-state index contributed by atoms with van der Waals surface area (Å²) < 4.78 is 83.6. The van der Waals surface area contributed by atoms with Crippen LogP contribution >= 0.6 is 0 Å². The van der Waals surface area contributed by atoms with Gasteiger partial charge in [-0.15, -0.1) is 0 Å². The Kier molecular flexibility index (Phi) is 5.16. The highest BCUT2D eigenvalue weighted by Crippen LogP contribution is 2.31. The Balaban J connectivity index is 1.60. The third-order valence-corrected chi connectivity index (χ3v) is 4.61. The lowest BCUT2D eigenvalue weighted by Gasteiger charge is -2.11. The van der Waals surface area contributed by atoms with Gasteiger partial charge in [0.05, 0.1) is 17.0 Å². The van der Waals surface area contributed by atoms with Crippen molar-refractivity contribution in [2.24, 2.45) is 0 Å². The van der Waals surface area contributed by atoms with E-state index >= 15 is 0 Å². The van der Waals surface area contributed by atoms with E-state index in [1.165, 1.54) is 18.2 Å². The molecule has 0 bridgehead atoms. The van der Waals surface area contributed by atoms with E-state index in [2.05, 4.69) is 10.1 Å². The number of nitrogens with one attached hydrogen (secondary N) is 1. The maximum Gasteiger partial charge on any atom is 0.416 e. The molecule has 0 fully saturated rings. The number of hydrogen-bond acceptors (Lipinski definition) is 2. The van der Waals surface area contributed by atoms with Gasteiger partial charge in [0.15, 0.2) is 0 Å². The third kappa shape index (κ3) is 4.84. The fourth-order valence-electron chi connectivity index (χ4n) is 3.12. The second-order valence-corrected chi connectivity index (χ2v) is 6.88. The SMILES string of the molecule is FC(F)(F)Cn1nc(-c2ccc(C(F)(F)F)cc2)cc1COc1ccc2cc[nH]c2c1. The van der Waals surface area contributed by atoms with E-state index in [4.69, 9.17) is 4.74 Å². The molecule has 0 saturated heterocycles. The zero-order valence-corrected chi connectivity index (χ0v) is 15.8. The first-order chi connectivity index (χ1) is 14.6. The van der Waals surface area contributed by atoms with Crippen LogP contribution in [0.5, 0.6) is 5.75 Å². The Morgan fingerprint density at radius 3 is 2.32 bits per heavy atom. The molecule has 0 unspecified atom stereocenters. The lowest BCUT2D eigenvalue weighted by Crippen LogP contribution is -2.21. The minimum Gasteiger partial charge on any atom is -0.487 e. The van der Waals surface area contributed by atoms with Gasteiger partial charge >= 0.3 is 12.4 Å². The molecule has 0 aliphatic rings. The van der Waals surface area contributed by atoms with E-state index in [0.717, 1.165) is 27.7 Å². The first-order valence-electron chi connectivity index (χ1n) is 9.09. The van der Waals surface area contributed by atoms with Crippen molar-refractivity contribution >= 4 is 10.9 Å². The molecule has 0 amide bonds. The molecule has 0 aliphatic carbocycles. The van der Waals surface area contributed by atoms with Crippen molar-refractivity contribution in [2.45, 2.75) is 25.5 Å². The lowest BCUT2D eigenvalue weighted by atomic mass is 10.1. The maximum atomic E-state index is 13.0. The normalized spacial score (nSPS) is 12.5. The molecular formula is C21H15F6N3O. The van der Waals surface area contributed by atoms with Crippen LogP contribution in [0.3, 0.4) is 0 Å². The Hall–Kier alpha value is -3.43. The zero-order valence-electron chi connectivity index (χ0n) is 15.8.